The molecule has 0 saturated carbocycles. The second kappa shape index (κ2) is 23.0. The predicted octanol–water partition coefficient (Wildman–Crippen LogP) is 5.99. The van der Waals surface area contributed by atoms with Crippen LogP contribution in [-0.2, 0) is 9.59 Å². The van der Waals surface area contributed by atoms with Crippen LogP contribution in [0.4, 0.5) is 22.7 Å². The molecular weight excluding hydrogens is 709 g/mol. The zero-order valence-electron chi connectivity index (χ0n) is 30.6. The van der Waals surface area contributed by atoms with Crippen LogP contribution in [-0.4, -0.2) is 113 Å². The minimum absolute atomic E-state index is 0.0692. The van der Waals surface area contributed by atoms with E-state index in [0.717, 1.165) is 38.9 Å². The molecule has 282 valence electrons. The minimum atomic E-state index is -0.766. The van der Waals surface area contributed by atoms with E-state index in [4.69, 9.17) is 27.9 Å². The minimum Gasteiger partial charge on any atom is -0.454 e. The lowest BCUT2D eigenvalue weighted by Gasteiger charge is -2.15. The molecule has 0 unspecified atom stereocenters. The van der Waals surface area contributed by atoms with Gasteiger partial charge in [-0.3, -0.25) is 19.7 Å². The van der Waals surface area contributed by atoms with Crippen molar-refractivity contribution in [3.05, 3.63) is 80.3 Å². The third-order valence-corrected chi connectivity index (χ3v) is 7.73. The molecule has 0 heterocycles. The fourth-order valence-corrected chi connectivity index (χ4v) is 5.05. The normalized spacial score (nSPS) is 10.7. The highest BCUT2D eigenvalue weighted by molar-refractivity contribution is 6.39. The topological polar surface area (TPSA) is 168 Å². The van der Waals surface area contributed by atoms with Gasteiger partial charge in [-0.05, 0) is 118 Å². The Hall–Kier alpha value is -4.65. The Balaban J connectivity index is 0.000000361. The molecule has 0 atom stereocenters. The molecule has 0 saturated heterocycles. The van der Waals surface area contributed by atoms with Crippen molar-refractivity contribution in [1.29, 1.82) is 5.26 Å². The Morgan fingerprint density at radius 3 is 1.96 bits per heavy atom. The van der Waals surface area contributed by atoms with Gasteiger partial charge in [-0.2, -0.15) is 5.26 Å². The molecule has 3 aromatic carbocycles. The fraction of sp³-hybridized carbons (Fsp3) is 0.417. The van der Waals surface area contributed by atoms with Crippen molar-refractivity contribution < 1.29 is 19.2 Å². The van der Waals surface area contributed by atoms with Crippen LogP contribution in [0.3, 0.4) is 0 Å². The second-order valence-electron chi connectivity index (χ2n) is 12.5. The molecule has 0 fully saturated rings. The van der Waals surface area contributed by atoms with Gasteiger partial charge in [0.15, 0.2) is 5.75 Å². The highest BCUT2D eigenvalue weighted by Gasteiger charge is 2.21. The van der Waals surface area contributed by atoms with Gasteiger partial charge in [0.2, 0.25) is 0 Å². The van der Waals surface area contributed by atoms with E-state index in [1.54, 1.807) is 48.5 Å². The highest BCUT2D eigenvalue weighted by Crippen LogP contribution is 2.35. The quantitative estimate of drug-likeness (QED) is 0.0521. The van der Waals surface area contributed by atoms with Crippen molar-refractivity contribution in [1.82, 2.24) is 20.0 Å². The molecule has 14 nitrogen and oxygen atoms in total. The predicted molar refractivity (Wildman–Crippen MR) is 209 cm³/mol. The summed E-state index contributed by atoms with van der Waals surface area (Å²) in [5.41, 5.74) is 1.51. The van der Waals surface area contributed by atoms with Crippen LogP contribution in [0.25, 0.3) is 0 Å². The van der Waals surface area contributed by atoms with Crippen molar-refractivity contribution in [2.75, 3.05) is 97.5 Å². The number of carbonyl (C=O) groups is 2. The Labute approximate surface area is 316 Å². The number of amides is 2. The smallest absolute Gasteiger partial charge is 0.313 e. The van der Waals surface area contributed by atoms with Gasteiger partial charge in [-0.25, -0.2) is 0 Å². The van der Waals surface area contributed by atoms with E-state index < -0.39 is 16.7 Å². The average molecular weight is 759 g/mol. The zero-order valence-corrected chi connectivity index (χ0v) is 32.1. The third kappa shape index (κ3) is 15.7. The van der Waals surface area contributed by atoms with E-state index in [0.29, 0.717) is 63.8 Å². The molecule has 52 heavy (non-hydrogen) atoms. The number of hydrogen-bond donors (Lipinski definition) is 4. The number of nitro groups is 1. The summed E-state index contributed by atoms with van der Waals surface area (Å²) in [4.78, 5) is 41.0. The monoisotopic (exact) mass is 757 g/mol. The summed E-state index contributed by atoms with van der Waals surface area (Å²) in [7, 11) is 11.8. The average Bonchev–Trinajstić information content (AvgIpc) is 3.08. The third-order valence-electron chi connectivity index (χ3n) is 7.20. The van der Waals surface area contributed by atoms with Gasteiger partial charge >= 0.3 is 11.8 Å². The van der Waals surface area contributed by atoms with Crippen LogP contribution < -0.4 is 26.0 Å². The van der Waals surface area contributed by atoms with Crippen LogP contribution in [0.1, 0.15) is 24.8 Å². The number of nitro benzene ring substituents is 1. The molecule has 2 amide bonds. The molecular formula is C36H49Cl2N9O5. The van der Waals surface area contributed by atoms with E-state index >= 15 is 0 Å². The standard InChI is InChI=1S/C19H21Cl2N3O3.C17H28N6O2/c1-24(2)11-5-10-22-18(25)19(26)23-15-6-3-4-7-17(15)27-16-9-8-13(20)12-14(16)21;1-21(2)11-5-9-19-15-7-8-16(23(24)25)17(14(15)13-18)20-10-6-12-22(3)4/h3-4,6-9,12H,5,10-11H2,1-2H3,(H,22,25)(H,23,26);7-8,19-20H,5-6,9-12H2,1-4H3. The Morgan fingerprint density at radius 1 is 0.788 bits per heavy atom. The fourth-order valence-electron chi connectivity index (χ4n) is 4.61. The molecule has 0 aliphatic rings. The Morgan fingerprint density at radius 2 is 1.38 bits per heavy atom. The van der Waals surface area contributed by atoms with E-state index in [1.807, 2.05) is 52.1 Å². The largest absolute Gasteiger partial charge is 0.454 e. The number of benzene rings is 3. The molecule has 16 heteroatoms. The molecule has 3 aromatic rings. The first-order valence-electron chi connectivity index (χ1n) is 16.7. The van der Waals surface area contributed by atoms with Gasteiger partial charge in [-0.15, -0.1) is 0 Å². The maximum Gasteiger partial charge on any atom is 0.313 e. The summed E-state index contributed by atoms with van der Waals surface area (Å²) in [6, 6.07) is 16.8. The second-order valence-corrected chi connectivity index (χ2v) is 13.3. The number of rotatable bonds is 18. The van der Waals surface area contributed by atoms with E-state index in [1.165, 1.54) is 6.07 Å². The summed E-state index contributed by atoms with van der Waals surface area (Å²) in [5.74, 6) is -0.724. The molecule has 0 radical (unpaired) electrons. The van der Waals surface area contributed by atoms with Crippen molar-refractivity contribution in [2.24, 2.45) is 0 Å². The van der Waals surface area contributed by atoms with Crippen LogP contribution in [0.15, 0.2) is 54.6 Å². The lowest BCUT2D eigenvalue weighted by atomic mass is 10.1. The molecule has 0 spiro atoms. The number of halogens is 2. The lowest BCUT2D eigenvalue weighted by molar-refractivity contribution is -0.384. The van der Waals surface area contributed by atoms with Crippen LogP contribution in [0.2, 0.25) is 10.0 Å². The molecule has 4 N–H and O–H groups in total. The molecule has 0 aliphatic carbocycles. The first-order valence-corrected chi connectivity index (χ1v) is 17.4. The van der Waals surface area contributed by atoms with Gasteiger partial charge < -0.3 is 40.7 Å². The van der Waals surface area contributed by atoms with Crippen LogP contribution >= 0.6 is 23.2 Å². The maximum absolute atomic E-state index is 12.1. The number of hydrogen-bond acceptors (Lipinski definition) is 11. The summed E-state index contributed by atoms with van der Waals surface area (Å²) in [6.07, 6.45) is 2.50. The van der Waals surface area contributed by atoms with Crippen molar-refractivity contribution in [2.45, 2.75) is 19.3 Å². The van der Waals surface area contributed by atoms with Gasteiger partial charge in [-0.1, -0.05) is 35.3 Å². The van der Waals surface area contributed by atoms with E-state index in [2.05, 4.69) is 32.2 Å². The van der Waals surface area contributed by atoms with Gasteiger partial charge in [0, 0.05) is 30.7 Å². The Kier molecular flexibility index (Phi) is 19.3. The van der Waals surface area contributed by atoms with Crippen molar-refractivity contribution >= 4 is 57.8 Å². The first-order chi connectivity index (χ1) is 24.7. The highest BCUT2D eigenvalue weighted by atomic mass is 35.5. The van der Waals surface area contributed by atoms with Crippen LogP contribution in [0.5, 0.6) is 11.5 Å². The van der Waals surface area contributed by atoms with Crippen molar-refractivity contribution in [3.8, 4) is 17.6 Å². The molecule has 0 aliphatic heterocycles. The number of nitrogens with one attached hydrogen (secondary N) is 4. The number of carbonyl (C=O) groups excluding carboxylic acids is 2. The lowest BCUT2D eigenvalue weighted by Crippen LogP contribution is -2.36. The number of nitrogens with zero attached hydrogens (tertiary/aromatic N) is 5. The van der Waals surface area contributed by atoms with Crippen molar-refractivity contribution in [3.63, 3.8) is 0 Å². The molecule has 3 rings (SSSR count). The van der Waals surface area contributed by atoms with Crippen LogP contribution in [0, 0.1) is 21.4 Å². The summed E-state index contributed by atoms with van der Waals surface area (Å²) >= 11 is 12.0. The first kappa shape index (κ1) is 43.5. The van der Waals surface area contributed by atoms with E-state index in [-0.39, 0.29) is 5.69 Å². The molecule has 0 bridgehead atoms. The SMILES string of the molecule is CN(C)CCCNC(=O)C(=O)Nc1ccccc1Oc1ccc(Cl)cc1Cl.CN(C)CCCNc1ccc([N+](=O)[O-])c(NCCCN(C)C)c1C#N. The number of ether oxygens (including phenoxy) is 1. The Bertz CT molecular complexity index is 1670. The van der Waals surface area contributed by atoms with Gasteiger partial charge in [0.1, 0.15) is 23.1 Å². The zero-order chi connectivity index (χ0) is 38.6. The summed E-state index contributed by atoms with van der Waals surface area (Å²) in [5, 5.41) is 33.1. The maximum atomic E-state index is 12.1. The molecule has 0 aromatic heterocycles. The summed E-state index contributed by atoms with van der Waals surface area (Å²) < 4.78 is 5.76. The van der Waals surface area contributed by atoms with Gasteiger partial charge in [0.25, 0.3) is 5.69 Å². The number of anilines is 3. The van der Waals surface area contributed by atoms with E-state index in [9.17, 15) is 25.0 Å². The number of para-hydroxylation sites is 2. The van der Waals surface area contributed by atoms with Gasteiger partial charge in [0.05, 0.1) is 21.3 Å². The summed E-state index contributed by atoms with van der Waals surface area (Å²) in [6.45, 7) is 4.30. The number of nitriles is 1.